The van der Waals surface area contributed by atoms with Crippen molar-refractivity contribution in [1.29, 1.82) is 0 Å². The number of hydrogen-bond donors (Lipinski definition) is 1. The molecule has 0 aliphatic carbocycles. The van der Waals surface area contributed by atoms with E-state index < -0.39 is 0 Å². The summed E-state index contributed by atoms with van der Waals surface area (Å²) in [6.45, 7) is 6.52. The molecule has 0 radical (unpaired) electrons. The van der Waals surface area contributed by atoms with Crippen LogP contribution in [0.4, 0.5) is 0 Å². The van der Waals surface area contributed by atoms with Gasteiger partial charge in [0.05, 0.1) is 0 Å². The van der Waals surface area contributed by atoms with Crippen LogP contribution in [0, 0.1) is 19.8 Å². The molecule has 96 valence electrons. The largest absolute Gasteiger partial charge is 0.461 e. The first kappa shape index (κ1) is 11.8. The molecule has 0 saturated carbocycles. The van der Waals surface area contributed by atoms with Gasteiger partial charge in [-0.2, -0.15) is 0 Å². The van der Waals surface area contributed by atoms with Crippen molar-refractivity contribution in [3.8, 4) is 0 Å². The van der Waals surface area contributed by atoms with Gasteiger partial charge in [0.15, 0.2) is 0 Å². The van der Waals surface area contributed by atoms with E-state index in [1.54, 1.807) is 0 Å². The second-order valence-corrected chi connectivity index (χ2v) is 5.53. The van der Waals surface area contributed by atoms with Crippen LogP contribution in [-0.2, 0) is 6.42 Å². The number of furan rings is 1. The van der Waals surface area contributed by atoms with Gasteiger partial charge in [0.2, 0.25) is 0 Å². The summed E-state index contributed by atoms with van der Waals surface area (Å²) in [5.74, 6) is 1.83. The van der Waals surface area contributed by atoms with Gasteiger partial charge >= 0.3 is 0 Å². The molecule has 1 aliphatic rings. The number of hydrogen-bond acceptors (Lipinski definition) is 2. The van der Waals surface area contributed by atoms with Crippen molar-refractivity contribution < 1.29 is 4.42 Å². The van der Waals surface area contributed by atoms with Crippen molar-refractivity contribution >= 4 is 11.0 Å². The first-order valence-electron chi connectivity index (χ1n) is 6.93. The molecule has 1 aromatic heterocycles. The lowest BCUT2D eigenvalue weighted by Crippen LogP contribution is -2.30. The van der Waals surface area contributed by atoms with Crippen LogP contribution in [0.2, 0.25) is 0 Å². The fraction of sp³-hybridized carbons (Fsp3) is 0.500. The third-order valence-electron chi connectivity index (χ3n) is 4.16. The second-order valence-electron chi connectivity index (χ2n) is 5.53. The molecule has 1 unspecified atom stereocenters. The minimum atomic E-state index is 0.786. The molecule has 1 saturated heterocycles. The minimum Gasteiger partial charge on any atom is -0.461 e. The fourth-order valence-electron chi connectivity index (χ4n) is 2.95. The third-order valence-corrected chi connectivity index (χ3v) is 4.16. The monoisotopic (exact) mass is 243 g/mol. The van der Waals surface area contributed by atoms with Crippen LogP contribution < -0.4 is 5.32 Å². The topological polar surface area (TPSA) is 25.2 Å². The highest BCUT2D eigenvalue weighted by Gasteiger charge is 2.14. The van der Waals surface area contributed by atoms with Crippen LogP contribution in [0.3, 0.4) is 0 Å². The summed E-state index contributed by atoms with van der Waals surface area (Å²) in [6.07, 6.45) is 3.83. The maximum absolute atomic E-state index is 5.81. The zero-order valence-corrected chi connectivity index (χ0v) is 11.3. The number of fused-ring (bicyclic) bond motifs is 1. The van der Waals surface area contributed by atoms with Gasteiger partial charge in [-0.3, -0.25) is 0 Å². The molecule has 1 aliphatic heterocycles. The Hall–Kier alpha value is -1.28. The van der Waals surface area contributed by atoms with Crippen molar-refractivity contribution in [2.75, 3.05) is 13.1 Å². The van der Waals surface area contributed by atoms with Crippen LogP contribution in [0.1, 0.15) is 29.7 Å². The van der Waals surface area contributed by atoms with Crippen molar-refractivity contribution in [3.63, 3.8) is 0 Å². The molecule has 1 N–H and O–H groups in total. The van der Waals surface area contributed by atoms with Gasteiger partial charge in [-0.15, -0.1) is 0 Å². The van der Waals surface area contributed by atoms with E-state index in [0.29, 0.717) is 0 Å². The predicted molar refractivity (Wildman–Crippen MR) is 75.0 cm³/mol. The lowest BCUT2D eigenvalue weighted by atomic mass is 9.92. The molecule has 0 amide bonds. The summed E-state index contributed by atoms with van der Waals surface area (Å²) in [4.78, 5) is 0. The fourth-order valence-corrected chi connectivity index (χ4v) is 2.95. The summed E-state index contributed by atoms with van der Waals surface area (Å²) in [7, 11) is 0. The summed E-state index contributed by atoms with van der Waals surface area (Å²) in [5, 5.41) is 4.74. The van der Waals surface area contributed by atoms with Gasteiger partial charge in [0.25, 0.3) is 0 Å². The molecule has 1 fully saturated rings. The van der Waals surface area contributed by atoms with Gasteiger partial charge in [-0.1, -0.05) is 12.1 Å². The predicted octanol–water partition coefficient (Wildman–Crippen LogP) is 3.59. The molecule has 1 atom stereocenters. The normalized spacial score (nSPS) is 20.4. The van der Waals surface area contributed by atoms with Gasteiger partial charge in [0, 0.05) is 5.39 Å². The maximum atomic E-state index is 5.81. The van der Waals surface area contributed by atoms with Crippen molar-refractivity contribution in [2.45, 2.75) is 33.1 Å². The lowest BCUT2D eigenvalue weighted by Gasteiger charge is -2.22. The SMILES string of the molecule is Cc1oc2cc(CC3CCCNC3)ccc2c1C. The van der Waals surface area contributed by atoms with Crippen LogP contribution in [0.5, 0.6) is 0 Å². The Morgan fingerprint density at radius 1 is 1.33 bits per heavy atom. The molecule has 18 heavy (non-hydrogen) atoms. The van der Waals surface area contributed by atoms with Crippen LogP contribution in [0.25, 0.3) is 11.0 Å². The summed E-state index contributed by atoms with van der Waals surface area (Å²) in [5.41, 5.74) is 3.73. The van der Waals surface area contributed by atoms with Gasteiger partial charge in [0.1, 0.15) is 11.3 Å². The number of benzene rings is 1. The summed E-state index contributed by atoms with van der Waals surface area (Å²) >= 11 is 0. The van der Waals surface area contributed by atoms with E-state index in [-0.39, 0.29) is 0 Å². The number of rotatable bonds is 2. The van der Waals surface area contributed by atoms with E-state index in [2.05, 4.69) is 30.4 Å². The van der Waals surface area contributed by atoms with Crippen molar-refractivity contribution in [2.24, 2.45) is 5.92 Å². The first-order chi connectivity index (χ1) is 8.74. The Kier molecular flexibility index (Phi) is 3.13. The number of nitrogens with one attached hydrogen (secondary N) is 1. The Labute approximate surface area is 108 Å². The average molecular weight is 243 g/mol. The quantitative estimate of drug-likeness (QED) is 0.872. The van der Waals surface area contributed by atoms with Gasteiger partial charge in [-0.25, -0.2) is 0 Å². The molecule has 2 heteroatoms. The van der Waals surface area contributed by atoms with E-state index in [1.165, 1.54) is 42.3 Å². The highest BCUT2D eigenvalue weighted by atomic mass is 16.3. The Balaban J connectivity index is 1.84. The lowest BCUT2D eigenvalue weighted by molar-refractivity contribution is 0.376. The van der Waals surface area contributed by atoms with E-state index in [0.717, 1.165) is 23.8 Å². The number of aryl methyl sites for hydroxylation is 2. The third kappa shape index (κ3) is 2.17. The zero-order valence-electron chi connectivity index (χ0n) is 11.3. The molecule has 2 nitrogen and oxygen atoms in total. The molecular weight excluding hydrogens is 222 g/mol. The highest BCUT2D eigenvalue weighted by Crippen LogP contribution is 2.27. The van der Waals surface area contributed by atoms with E-state index in [9.17, 15) is 0 Å². The van der Waals surface area contributed by atoms with E-state index in [1.807, 2.05) is 6.92 Å². The first-order valence-corrected chi connectivity index (χ1v) is 6.93. The Bertz CT molecular complexity index is 549. The Morgan fingerprint density at radius 2 is 2.22 bits per heavy atom. The molecule has 1 aromatic carbocycles. The number of piperidine rings is 1. The van der Waals surface area contributed by atoms with Gasteiger partial charge < -0.3 is 9.73 Å². The summed E-state index contributed by atoms with van der Waals surface area (Å²) < 4.78 is 5.81. The highest BCUT2D eigenvalue weighted by molar-refractivity contribution is 5.82. The minimum absolute atomic E-state index is 0.786. The second kappa shape index (κ2) is 4.77. The summed E-state index contributed by atoms with van der Waals surface area (Å²) in [6, 6.07) is 6.70. The molecule has 2 heterocycles. The molecule has 0 bridgehead atoms. The molecule has 2 aromatic rings. The van der Waals surface area contributed by atoms with Crippen LogP contribution >= 0.6 is 0 Å². The smallest absolute Gasteiger partial charge is 0.134 e. The van der Waals surface area contributed by atoms with Gasteiger partial charge in [-0.05, 0) is 69.3 Å². The van der Waals surface area contributed by atoms with Crippen LogP contribution in [0.15, 0.2) is 22.6 Å². The van der Waals surface area contributed by atoms with Crippen molar-refractivity contribution in [3.05, 3.63) is 35.1 Å². The average Bonchev–Trinajstić information content (AvgIpc) is 2.66. The molecule has 3 rings (SSSR count). The standard InChI is InChI=1S/C16H21NO/c1-11-12(2)18-16-9-13(5-6-15(11)16)8-14-4-3-7-17-10-14/h5-6,9,14,17H,3-4,7-8,10H2,1-2H3. The molecule has 0 spiro atoms. The molecular formula is C16H21NO. The maximum Gasteiger partial charge on any atom is 0.134 e. The Morgan fingerprint density at radius 3 is 3.00 bits per heavy atom. The van der Waals surface area contributed by atoms with Crippen LogP contribution in [-0.4, -0.2) is 13.1 Å². The zero-order chi connectivity index (χ0) is 12.5. The van der Waals surface area contributed by atoms with E-state index >= 15 is 0 Å². The van der Waals surface area contributed by atoms with E-state index in [4.69, 9.17) is 4.42 Å². The van der Waals surface area contributed by atoms with Crippen molar-refractivity contribution in [1.82, 2.24) is 5.32 Å².